The van der Waals surface area contributed by atoms with Gasteiger partial charge in [0.2, 0.25) is 0 Å². The number of aromatic nitrogens is 2. The van der Waals surface area contributed by atoms with Gasteiger partial charge in [-0.3, -0.25) is 0 Å². The Labute approximate surface area is 182 Å². The number of nitrogens with one attached hydrogen (secondary N) is 1. The normalized spacial score (nSPS) is 12.3. The summed E-state index contributed by atoms with van der Waals surface area (Å²) in [4.78, 5) is 7.22. The lowest BCUT2D eigenvalue weighted by atomic mass is 10.0. The van der Waals surface area contributed by atoms with Crippen molar-refractivity contribution >= 4 is 22.6 Å². The van der Waals surface area contributed by atoms with Crippen LogP contribution in [0.15, 0.2) is 67.0 Å². The average molecular weight is 445 g/mol. The Morgan fingerprint density at radius 3 is 2.58 bits per heavy atom. The lowest BCUT2D eigenvalue weighted by molar-refractivity contribution is 0.0776. The predicted octanol–water partition coefficient (Wildman–Crippen LogP) is 5.52. The molecule has 0 spiro atoms. The molecule has 2 N–H and O–H groups in total. The zero-order valence-corrected chi connectivity index (χ0v) is 17.0. The minimum absolute atomic E-state index is 0.0718. The molecule has 0 saturated heterocycles. The summed E-state index contributed by atoms with van der Waals surface area (Å²) in [5.41, 5.74) is 2.33. The van der Waals surface area contributed by atoms with Gasteiger partial charge < -0.3 is 19.6 Å². The summed E-state index contributed by atoms with van der Waals surface area (Å²) in [5.74, 6) is 0.327. The highest BCUT2D eigenvalue weighted by Crippen LogP contribution is 2.39. The van der Waals surface area contributed by atoms with Gasteiger partial charge in [-0.05, 0) is 35.9 Å². The summed E-state index contributed by atoms with van der Waals surface area (Å²) in [6.07, 6.45) is -0.533. The van der Waals surface area contributed by atoms with Gasteiger partial charge in [-0.2, -0.15) is 0 Å². The van der Waals surface area contributed by atoms with E-state index in [0.717, 1.165) is 10.9 Å². The lowest BCUT2D eigenvalue weighted by Crippen LogP contribution is -2.12. The van der Waals surface area contributed by atoms with E-state index in [-0.39, 0.29) is 18.1 Å². The van der Waals surface area contributed by atoms with Gasteiger partial charge in [-0.25, -0.2) is 13.8 Å². The number of ether oxygens (including phenoxy) is 2. The van der Waals surface area contributed by atoms with Crippen molar-refractivity contribution in [1.29, 1.82) is 0 Å². The number of halogens is 3. The van der Waals surface area contributed by atoms with Gasteiger partial charge in [0, 0.05) is 33.9 Å². The minimum atomic E-state index is -2.67. The first kappa shape index (κ1) is 21.1. The first-order chi connectivity index (χ1) is 15.0. The van der Waals surface area contributed by atoms with Crippen LogP contribution in [-0.2, 0) is 6.61 Å². The molecular weight excluding hydrogens is 426 g/mol. The van der Waals surface area contributed by atoms with E-state index in [4.69, 9.17) is 21.1 Å². The largest absolute Gasteiger partial charge is 0.485 e. The molecule has 5 nitrogen and oxygen atoms in total. The number of hydrogen-bond donors (Lipinski definition) is 2. The van der Waals surface area contributed by atoms with Crippen molar-refractivity contribution in [3.63, 3.8) is 0 Å². The zero-order valence-electron chi connectivity index (χ0n) is 16.3. The van der Waals surface area contributed by atoms with Crippen molar-refractivity contribution in [2.75, 3.05) is 6.61 Å². The number of hydrogen-bond acceptors (Lipinski definition) is 4. The van der Waals surface area contributed by atoms with Crippen molar-refractivity contribution in [3.8, 4) is 11.5 Å². The fraction of sp³-hybridized carbons (Fsp3) is 0.174. The topological polar surface area (TPSA) is 67.4 Å². The third-order valence-electron chi connectivity index (χ3n) is 4.74. The van der Waals surface area contributed by atoms with E-state index in [1.54, 1.807) is 60.9 Å². The van der Waals surface area contributed by atoms with Crippen LogP contribution in [0.5, 0.6) is 11.5 Å². The van der Waals surface area contributed by atoms with Crippen LogP contribution in [0.1, 0.15) is 22.8 Å². The Hall–Kier alpha value is -3.16. The van der Waals surface area contributed by atoms with Crippen LogP contribution in [0.2, 0.25) is 5.02 Å². The summed E-state index contributed by atoms with van der Waals surface area (Å²) < 4.78 is 37.0. The van der Waals surface area contributed by atoms with Crippen LogP contribution in [-0.4, -0.2) is 28.1 Å². The van der Waals surface area contributed by atoms with Crippen LogP contribution in [0.3, 0.4) is 0 Å². The van der Waals surface area contributed by atoms with Gasteiger partial charge in [0.15, 0.2) is 11.5 Å². The predicted molar refractivity (Wildman–Crippen MR) is 114 cm³/mol. The molecule has 0 bridgehead atoms. The highest BCUT2D eigenvalue weighted by Gasteiger charge is 2.23. The number of H-pyrrole nitrogens is 1. The van der Waals surface area contributed by atoms with E-state index in [9.17, 15) is 13.9 Å². The quantitative estimate of drug-likeness (QED) is 0.375. The molecule has 0 aliphatic rings. The summed E-state index contributed by atoms with van der Waals surface area (Å²) >= 11 is 5.90. The molecule has 2 aromatic heterocycles. The lowest BCUT2D eigenvalue weighted by Gasteiger charge is -2.19. The van der Waals surface area contributed by atoms with Crippen LogP contribution in [0.25, 0.3) is 11.0 Å². The smallest absolute Gasteiger partial charge is 0.272 e. The van der Waals surface area contributed by atoms with Gasteiger partial charge in [0.25, 0.3) is 6.43 Å². The number of benzene rings is 2. The van der Waals surface area contributed by atoms with E-state index in [0.29, 0.717) is 21.8 Å². The number of fused-ring (bicyclic) bond motifs is 1. The van der Waals surface area contributed by atoms with E-state index in [1.807, 2.05) is 6.07 Å². The molecule has 0 aliphatic heterocycles. The van der Waals surface area contributed by atoms with Crippen molar-refractivity contribution in [2.45, 2.75) is 19.1 Å². The molecule has 1 atom stereocenters. The molecule has 0 radical (unpaired) electrons. The van der Waals surface area contributed by atoms with E-state index >= 15 is 0 Å². The summed E-state index contributed by atoms with van der Waals surface area (Å²) in [6, 6.07) is 15.6. The number of rotatable bonds is 8. The van der Waals surface area contributed by atoms with Crippen molar-refractivity contribution < 1.29 is 23.4 Å². The monoisotopic (exact) mass is 444 g/mol. The van der Waals surface area contributed by atoms with Gasteiger partial charge in [-0.15, -0.1) is 0 Å². The molecule has 4 aromatic rings. The molecule has 2 heterocycles. The number of alkyl halides is 2. The maximum Gasteiger partial charge on any atom is 0.272 e. The summed E-state index contributed by atoms with van der Waals surface area (Å²) in [5, 5.41) is 12.4. The molecule has 0 aliphatic carbocycles. The van der Waals surface area contributed by atoms with Crippen LogP contribution in [0, 0.1) is 0 Å². The number of nitrogens with zero attached hydrogens (tertiary/aromatic N) is 1. The highest BCUT2D eigenvalue weighted by atomic mass is 35.5. The molecular formula is C23H19ClF2N2O3. The van der Waals surface area contributed by atoms with Crippen molar-refractivity contribution in [3.05, 3.63) is 88.7 Å². The highest BCUT2D eigenvalue weighted by molar-refractivity contribution is 6.30. The molecule has 4 rings (SSSR count). The Morgan fingerprint density at radius 1 is 1.00 bits per heavy atom. The van der Waals surface area contributed by atoms with Gasteiger partial charge in [0.1, 0.15) is 25.0 Å². The zero-order chi connectivity index (χ0) is 21.8. The summed E-state index contributed by atoms with van der Waals surface area (Å²) in [7, 11) is 0. The second kappa shape index (κ2) is 9.32. The number of aliphatic hydroxyl groups excluding tert-OH is 1. The average Bonchev–Trinajstić information content (AvgIpc) is 3.21. The third kappa shape index (κ3) is 4.78. The van der Waals surface area contributed by atoms with Crippen molar-refractivity contribution in [2.24, 2.45) is 0 Å². The molecule has 8 heteroatoms. The molecule has 0 fully saturated rings. The second-order valence-electron chi connectivity index (χ2n) is 6.84. The first-order valence-corrected chi connectivity index (χ1v) is 9.92. The van der Waals surface area contributed by atoms with Gasteiger partial charge in [0.05, 0.1) is 0 Å². The van der Waals surface area contributed by atoms with E-state index in [2.05, 4.69) is 9.97 Å². The Morgan fingerprint density at radius 2 is 1.81 bits per heavy atom. The molecule has 31 heavy (non-hydrogen) atoms. The molecule has 0 amide bonds. The molecule has 1 unspecified atom stereocenters. The van der Waals surface area contributed by atoms with Gasteiger partial charge >= 0.3 is 0 Å². The first-order valence-electron chi connectivity index (χ1n) is 9.54. The summed E-state index contributed by atoms with van der Waals surface area (Å²) in [6.45, 7) is -0.644. The number of pyridine rings is 1. The fourth-order valence-corrected chi connectivity index (χ4v) is 3.40. The minimum Gasteiger partial charge on any atom is -0.485 e. The Balaban J connectivity index is 1.67. The molecule has 2 aromatic carbocycles. The maximum absolute atomic E-state index is 12.9. The van der Waals surface area contributed by atoms with Crippen LogP contribution < -0.4 is 9.47 Å². The Bertz CT molecular complexity index is 1170. The Kier molecular flexibility index (Phi) is 6.34. The molecule has 160 valence electrons. The van der Waals surface area contributed by atoms with Crippen LogP contribution in [0.4, 0.5) is 8.78 Å². The van der Waals surface area contributed by atoms with E-state index in [1.165, 1.54) is 0 Å². The second-order valence-corrected chi connectivity index (χ2v) is 7.27. The number of aliphatic hydroxyl groups is 1. The SMILES string of the molecule is OC(c1cccc(OCc2ccc(Cl)cc2)c1OCC(F)F)c1c[nH]c2ncccc12. The maximum atomic E-state index is 12.9. The molecule has 0 saturated carbocycles. The number of para-hydroxylation sites is 1. The van der Waals surface area contributed by atoms with Crippen molar-refractivity contribution in [1.82, 2.24) is 9.97 Å². The fourth-order valence-electron chi connectivity index (χ4n) is 3.28. The van der Waals surface area contributed by atoms with E-state index < -0.39 is 19.1 Å². The standard InChI is InChI=1S/C23H19ClF2N2O3/c24-15-8-6-14(7-9-15)12-30-19-5-1-3-17(22(19)31-13-20(25)26)21(29)18-11-28-23-16(18)4-2-10-27-23/h1-11,20-21,29H,12-13H2,(H,27,28). The van der Waals surface area contributed by atoms with Crippen LogP contribution >= 0.6 is 11.6 Å². The third-order valence-corrected chi connectivity index (χ3v) is 4.99. The number of aromatic amines is 1. The van der Waals surface area contributed by atoms with Gasteiger partial charge in [-0.1, -0.05) is 35.9 Å².